The molecule has 0 aliphatic carbocycles. The maximum Gasteiger partial charge on any atom is 0.337 e. The number of anilines is 1. The van der Waals surface area contributed by atoms with Crippen LogP contribution in [-0.4, -0.2) is 24.9 Å². The molecule has 146 valence electrons. The Labute approximate surface area is 168 Å². The number of nitrogens with one attached hydrogen (secondary N) is 2. The Morgan fingerprint density at radius 1 is 0.759 bits per heavy atom. The molecular formula is C23H20N2O4. The van der Waals surface area contributed by atoms with Crippen molar-refractivity contribution in [2.75, 3.05) is 12.4 Å². The number of hydrogen-bond donors (Lipinski definition) is 2. The van der Waals surface area contributed by atoms with Gasteiger partial charge in [0.15, 0.2) is 0 Å². The van der Waals surface area contributed by atoms with E-state index in [9.17, 15) is 14.4 Å². The molecule has 0 spiro atoms. The molecule has 6 nitrogen and oxygen atoms in total. The highest BCUT2D eigenvalue weighted by atomic mass is 16.5. The van der Waals surface area contributed by atoms with Crippen LogP contribution in [-0.2, 0) is 11.3 Å². The van der Waals surface area contributed by atoms with Gasteiger partial charge in [0, 0.05) is 23.4 Å². The van der Waals surface area contributed by atoms with Crippen LogP contribution < -0.4 is 10.6 Å². The number of esters is 1. The van der Waals surface area contributed by atoms with Gasteiger partial charge in [-0.15, -0.1) is 0 Å². The van der Waals surface area contributed by atoms with Gasteiger partial charge in [0.25, 0.3) is 11.8 Å². The van der Waals surface area contributed by atoms with Crippen LogP contribution in [0.5, 0.6) is 0 Å². The number of benzene rings is 3. The van der Waals surface area contributed by atoms with Crippen LogP contribution in [0.3, 0.4) is 0 Å². The smallest absolute Gasteiger partial charge is 0.337 e. The molecule has 0 saturated heterocycles. The standard InChI is InChI=1S/C23H20N2O4/c1-29-23(28)17-10-12-20(13-11-17)25-22(27)19-9-5-8-18(14-19)21(26)24-15-16-6-3-2-4-7-16/h2-14H,15H2,1H3,(H,24,26)(H,25,27). The Morgan fingerprint density at radius 3 is 2.07 bits per heavy atom. The number of carbonyl (C=O) groups excluding carboxylic acids is 3. The average Bonchev–Trinajstić information content (AvgIpc) is 2.78. The van der Waals surface area contributed by atoms with Crippen molar-refractivity contribution in [3.63, 3.8) is 0 Å². The normalized spacial score (nSPS) is 10.1. The van der Waals surface area contributed by atoms with Crippen molar-refractivity contribution in [1.29, 1.82) is 0 Å². The molecule has 0 aliphatic rings. The molecule has 0 aliphatic heterocycles. The lowest BCUT2D eigenvalue weighted by Crippen LogP contribution is -2.23. The predicted octanol–water partition coefficient (Wildman–Crippen LogP) is 3.66. The number of amides is 2. The Morgan fingerprint density at radius 2 is 1.41 bits per heavy atom. The van der Waals surface area contributed by atoms with Gasteiger partial charge in [-0.2, -0.15) is 0 Å². The van der Waals surface area contributed by atoms with E-state index in [1.807, 2.05) is 30.3 Å². The molecule has 0 atom stereocenters. The van der Waals surface area contributed by atoms with Crippen LogP contribution in [0.4, 0.5) is 5.69 Å². The van der Waals surface area contributed by atoms with Gasteiger partial charge in [-0.05, 0) is 48.0 Å². The van der Waals surface area contributed by atoms with Gasteiger partial charge in [-0.25, -0.2) is 4.79 Å². The highest BCUT2D eigenvalue weighted by Gasteiger charge is 2.11. The molecule has 0 fully saturated rings. The number of rotatable bonds is 6. The quantitative estimate of drug-likeness (QED) is 0.631. The lowest BCUT2D eigenvalue weighted by Gasteiger charge is -2.09. The van der Waals surface area contributed by atoms with E-state index < -0.39 is 5.97 Å². The van der Waals surface area contributed by atoms with Crippen LogP contribution in [0.2, 0.25) is 0 Å². The molecule has 2 N–H and O–H groups in total. The molecule has 3 aromatic carbocycles. The molecule has 0 radical (unpaired) electrons. The summed E-state index contributed by atoms with van der Waals surface area (Å²) in [5.41, 5.74) is 2.67. The first-order chi connectivity index (χ1) is 14.1. The SMILES string of the molecule is COC(=O)c1ccc(NC(=O)c2cccc(C(=O)NCc3ccccc3)c2)cc1. The molecule has 29 heavy (non-hydrogen) atoms. The molecule has 0 bridgehead atoms. The zero-order chi connectivity index (χ0) is 20.6. The average molecular weight is 388 g/mol. The number of ether oxygens (including phenoxy) is 1. The second-order valence-electron chi connectivity index (χ2n) is 6.27. The third kappa shape index (κ3) is 5.29. The predicted molar refractivity (Wildman–Crippen MR) is 110 cm³/mol. The molecule has 2 amide bonds. The lowest BCUT2D eigenvalue weighted by atomic mass is 10.1. The molecule has 3 aromatic rings. The van der Waals surface area contributed by atoms with Gasteiger partial charge >= 0.3 is 5.97 Å². The summed E-state index contributed by atoms with van der Waals surface area (Å²) in [6.07, 6.45) is 0. The molecular weight excluding hydrogens is 368 g/mol. The maximum absolute atomic E-state index is 12.5. The minimum Gasteiger partial charge on any atom is -0.465 e. The van der Waals surface area contributed by atoms with E-state index in [1.54, 1.807) is 48.5 Å². The molecule has 0 unspecified atom stereocenters. The van der Waals surface area contributed by atoms with E-state index in [-0.39, 0.29) is 11.8 Å². The summed E-state index contributed by atoms with van der Waals surface area (Å²) in [5, 5.41) is 5.58. The fraction of sp³-hybridized carbons (Fsp3) is 0.0870. The number of carbonyl (C=O) groups is 3. The summed E-state index contributed by atoms with van der Waals surface area (Å²) < 4.78 is 4.65. The monoisotopic (exact) mass is 388 g/mol. The van der Waals surface area contributed by atoms with Crippen LogP contribution in [0.1, 0.15) is 36.6 Å². The molecule has 0 heterocycles. The van der Waals surface area contributed by atoms with Crippen molar-refractivity contribution in [1.82, 2.24) is 5.32 Å². The first-order valence-electron chi connectivity index (χ1n) is 8.99. The summed E-state index contributed by atoms with van der Waals surface area (Å²) >= 11 is 0. The first-order valence-corrected chi connectivity index (χ1v) is 8.99. The van der Waals surface area contributed by atoms with Crippen molar-refractivity contribution >= 4 is 23.5 Å². The van der Waals surface area contributed by atoms with Crippen molar-refractivity contribution < 1.29 is 19.1 Å². The Bertz CT molecular complexity index is 1010. The van der Waals surface area contributed by atoms with Gasteiger partial charge in [0.1, 0.15) is 0 Å². The summed E-state index contributed by atoms with van der Waals surface area (Å²) in [4.78, 5) is 36.4. The van der Waals surface area contributed by atoms with E-state index in [0.29, 0.717) is 28.9 Å². The lowest BCUT2D eigenvalue weighted by molar-refractivity contribution is 0.0600. The summed E-state index contributed by atoms with van der Waals surface area (Å²) in [7, 11) is 1.31. The second kappa shape index (κ2) is 9.32. The Hall–Kier alpha value is -3.93. The van der Waals surface area contributed by atoms with Crippen LogP contribution in [0.15, 0.2) is 78.9 Å². The minimum atomic E-state index is -0.447. The third-order valence-corrected chi connectivity index (χ3v) is 4.25. The third-order valence-electron chi connectivity index (χ3n) is 4.25. The van der Waals surface area contributed by atoms with Crippen molar-refractivity contribution in [2.24, 2.45) is 0 Å². The Kier molecular flexibility index (Phi) is 6.37. The minimum absolute atomic E-state index is 0.258. The summed E-state index contributed by atoms with van der Waals surface area (Å²) in [6.45, 7) is 0.405. The van der Waals surface area contributed by atoms with E-state index in [4.69, 9.17) is 0 Å². The maximum atomic E-state index is 12.5. The topological polar surface area (TPSA) is 84.5 Å². The summed E-state index contributed by atoms with van der Waals surface area (Å²) in [6, 6.07) is 22.4. The highest BCUT2D eigenvalue weighted by Crippen LogP contribution is 2.13. The molecule has 6 heteroatoms. The van der Waals surface area contributed by atoms with E-state index >= 15 is 0 Å². The zero-order valence-corrected chi connectivity index (χ0v) is 15.8. The van der Waals surface area contributed by atoms with Crippen molar-refractivity contribution in [3.05, 3.63) is 101 Å². The number of methoxy groups -OCH3 is 1. The number of hydrogen-bond acceptors (Lipinski definition) is 4. The zero-order valence-electron chi connectivity index (χ0n) is 15.8. The first kappa shape index (κ1) is 19.8. The van der Waals surface area contributed by atoms with Crippen LogP contribution in [0.25, 0.3) is 0 Å². The Balaban J connectivity index is 1.64. The van der Waals surface area contributed by atoms with E-state index in [0.717, 1.165) is 5.56 Å². The van der Waals surface area contributed by atoms with Crippen LogP contribution in [0, 0.1) is 0 Å². The van der Waals surface area contributed by atoms with E-state index in [2.05, 4.69) is 15.4 Å². The fourth-order valence-corrected chi connectivity index (χ4v) is 2.69. The van der Waals surface area contributed by atoms with Gasteiger partial charge in [0.05, 0.1) is 12.7 Å². The largest absolute Gasteiger partial charge is 0.465 e. The highest BCUT2D eigenvalue weighted by molar-refractivity contribution is 6.06. The van der Waals surface area contributed by atoms with E-state index in [1.165, 1.54) is 7.11 Å². The molecule has 0 saturated carbocycles. The summed E-state index contributed by atoms with van der Waals surface area (Å²) in [5.74, 6) is -1.06. The van der Waals surface area contributed by atoms with Crippen LogP contribution >= 0.6 is 0 Å². The van der Waals surface area contributed by atoms with Crippen molar-refractivity contribution in [2.45, 2.75) is 6.54 Å². The van der Waals surface area contributed by atoms with Gasteiger partial charge in [0.2, 0.25) is 0 Å². The van der Waals surface area contributed by atoms with Gasteiger partial charge in [-0.3, -0.25) is 9.59 Å². The fourth-order valence-electron chi connectivity index (χ4n) is 2.69. The molecule has 0 aromatic heterocycles. The van der Waals surface area contributed by atoms with Gasteiger partial charge in [-0.1, -0.05) is 36.4 Å². The second-order valence-corrected chi connectivity index (χ2v) is 6.27. The van der Waals surface area contributed by atoms with Crippen molar-refractivity contribution in [3.8, 4) is 0 Å². The molecule has 3 rings (SSSR count). The van der Waals surface area contributed by atoms with Gasteiger partial charge < -0.3 is 15.4 Å².